The van der Waals surface area contributed by atoms with Gasteiger partial charge >= 0.3 is 10.4 Å². The van der Waals surface area contributed by atoms with E-state index in [4.69, 9.17) is 27.7 Å². The molecule has 0 radical (unpaired) electrons. The summed E-state index contributed by atoms with van der Waals surface area (Å²) in [5.74, 6) is 0.454. The van der Waals surface area contributed by atoms with Crippen molar-refractivity contribution in [3.8, 4) is 11.5 Å². The number of phenols is 2. The third kappa shape index (κ3) is 19.7. The minimum atomic E-state index is -4.67. The predicted molar refractivity (Wildman–Crippen MR) is 136 cm³/mol. The van der Waals surface area contributed by atoms with E-state index < -0.39 is 22.6 Å². The van der Waals surface area contributed by atoms with E-state index in [1.807, 2.05) is 0 Å². The number of aromatic hydroxyl groups is 2. The van der Waals surface area contributed by atoms with E-state index in [9.17, 15) is 10.2 Å². The van der Waals surface area contributed by atoms with Crippen LogP contribution in [0.4, 0.5) is 0 Å². The number of aliphatic hydroxyl groups excluding tert-OH is 2. The summed E-state index contributed by atoms with van der Waals surface area (Å²) in [6.45, 7) is 7.27. The first-order chi connectivity index (χ1) is 16.5. The van der Waals surface area contributed by atoms with E-state index in [1.165, 1.54) is 0 Å². The molecule has 0 aliphatic rings. The summed E-state index contributed by atoms with van der Waals surface area (Å²) in [5, 5.41) is 44.1. The Kier molecular flexibility index (Phi) is 17.8. The molecular formula is C24H40N2O8S. The van der Waals surface area contributed by atoms with Gasteiger partial charge in [0.2, 0.25) is 0 Å². The summed E-state index contributed by atoms with van der Waals surface area (Å²) >= 11 is 0. The van der Waals surface area contributed by atoms with Crippen molar-refractivity contribution >= 4 is 10.4 Å². The first kappa shape index (κ1) is 32.8. The highest BCUT2D eigenvalue weighted by Gasteiger charge is 2.07. The van der Waals surface area contributed by atoms with E-state index in [2.05, 4.69) is 24.5 Å². The Morgan fingerprint density at radius 1 is 0.686 bits per heavy atom. The van der Waals surface area contributed by atoms with Gasteiger partial charge in [0.1, 0.15) is 11.5 Å². The van der Waals surface area contributed by atoms with Crippen LogP contribution in [0.2, 0.25) is 0 Å². The maximum atomic E-state index is 9.77. The number of hydrogen-bond donors (Lipinski definition) is 8. The van der Waals surface area contributed by atoms with Crippen molar-refractivity contribution in [3.63, 3.8) is 0 Å². The van der Waals surface area contributed by atoms with Gasteiger partial charge < -0.3 is 31.1 Å². The first-order valence-corrected chi connectivity index (χ1v) is 12.9. The fraction of sp³-hybridized carbons (Fsp3) is 0.500. The minimum Gasteiger partial charge on any atom is -0.508 e. The number of rotatable bonds is 12. The van der Waals surface area contributed by atoms with Gasteiger partial charge in [0, 0.05) is 13.1 Å². The standard InChI is InChI=1S/2C12H19NO2.H2O4S/c2*1-2-3-8-13-9-12(15)10-4-6-11(14)7-5-10;1-5(2,3)4/h2*4-7,12-15H,2-3,8-9H2,1H3;(H2,1,2,3,4)/t2*12-;/m00./s1. The second kappa shape index (κ2) is 19.0. The lowest BCUT2D eigenvalue weighted by atomic mass is 10.1. The van der Waals surface area contributed by atoms with Crippen LogP contribution in [0, 0.1) is 0 Å². The molecule has 0 heterocycles. The monoisotopic (exact) mass is 516 g/mol. The number of nitrogens with one attached hydrogen (secondary N) is 2. The zero-order chi connectivity index (χ0) is 26.7. The third-order valence-corrected chi connectivity index (χ3v) is 4.65. The predicted octanol–water partition coefficient (Wildman–Crippen LogP) is 2.98. The van der Waals surface area contributed by atoms with E-state index in [0.717, 1.165) is 49.9 Å². The molecule has 0 bridgehead atoms. The lowest BCUT2D eigenvalue weighted by Gasteiger charge is -2.11. The molecule has 0 saturated carbocycles. The molecule has 10 nitrogen and oxygen atoms in total. The number of hydrogen-bond acceptors (Lipinski definition) is 8. The zero-order valence-electron chi connectivity index (χ0n) is 20.3. The van der Waals surface area contributed by atoms with E-state index in [1.54, 1.807) is 48.5 Å². The molecule has 11 heteroatoms. The molecule has 0 aliphatic carbocycles. The quantitative estimate of drug-likeness (QED) is 0.154. The molecule has 35 heavy (non-hydrogen) atoms. The van der Waals surface area contributed by atoms with Gasteiger partial charge in [-0.25, -0.2) is 0 Å². The third-order valence-electron chi connectivity index (χ3n) is 4.65. The Morgan fingerprint density at radius 2 is 0.971 bits per heavy atom. The van der Waals surface area contributed by atoms with Crippen LogP contribution in [0.25, 0.3) is 0 Å². The highest BCUT2D eigenvalue weighted by atomic mass is 32.3. The Hall–Kier alpha value is -2.25. The van der Waals surface area contributed by atoms with Crippen LogP contribution in [-0.4, -0.2) is 64.1 Å². The largest absolute Gasteiger partial charge is 0.508 e. The Balaban J connectivity index is 0.000000555. The van der Waals surface area contributed by atoms with E-state index in [-0.39, 0.29) is 11.5 Å². The summed E-state index contributed by atoms with van der Waals surface area (Å²) in [7, 11) is -4.67. The van der Waals surface area contributed by atoms with Gasteiger partial charge in [-0.3, -0.25) is 9.11 Å². The van der Waals surface area contributed by atoms with Crippen LogP contribution in [-0.2, 0) is 10.4 Å². The molecule has 2 rings (SSSR count). The molecule has 0 saturated heterocycles. The molecule has 0 aromatic heterocycles. The zero-order valence-corrected chi connectivity index (χ0v) is 21.2. The fourth-order valence-corrected chi connectivity index (χ4v) is 2.71. The highest BCUT2D eigenvalue weighted by molar-refractivity contribution is 7.79. The van der Waals surface area contributed by atoms with Gasteiger partial charge in [-0.05, 0) is 61.3 Å². The lowest BCUT2D eigenvalue weighted by Crippen LogP contribution is -2.22. The molecule has 0 spiro atoms. The molecule has 2 atom stereocenters. The lowest BCUT2D eigenvalue weighted by molar-refractivity contribution is 0.174. The Morgan fingerprint density at radius 3 is 1.23 bits per heavy atom. The van der Waals surface area contributed by atoms with Crippen LogP contribution in [0.3, 0.4) is 0 Å². The van der Waals surface area contributed by atoms with Gasteiger partial charge in [0.05, 0.1) is 12.2 Å². The van der Waals surface area contributed by atoms with E-state index in [0.29, 0.717) is 13.1 Å². The van der Waals surface area contributed by atoms with Crippen molar-refractivity contribution in [2.45, 2.75) is 51.7 Å². The number of phenolic OH excluding ortho intramolecular Hbond substituents is 2. The normalized spacial score (nSPS) is 12.5. The molecule has 0 aliphatic heterocycles. The minimum absolute atomic E-state index is 0.227. The number of aliphatic hydroxyl groups is 2. The average molecular weight is 517 g/mol. The Bertz CT molecular complexity index is 810. The van der Waals surface area contributed by atoms with E-state index >= 15 is 0 Å². The van der Waals surface area contributed by atoms with Gasteiger partial charge in [0.25, 0.3) is 0 Å². The number of unbranched alkanes of at least 4 members (excludes halogenated alkanes) is 2. The second-order valence-electron chi connectivity index (χ2n) is 7.78. The smallest absolute Gasteiger partial charge is 0.394 e. The van der Waals surface area contributed by atoms with Gasteiger partial charge in [-0.2, -0.15) is 8.42 Å². The SMILES string of the molecule is CCCCNC[C@H](O)c1ccc(O)cc1.CCCCNC[C@H](O)c1ccc(O)cc1.O=S(=O)(O)O. The molecular weight excluding hydrogens is 476 g/mol. The topological polar surface area (TPSA) is 180 Å². The molecule has 8 N–H and O–H groups in total. The van der Waals surface area contributed by atoms with Crippen molar-refractivity contribution in [3.05, 3.63) is 59.7 Å². The molecule has 200 valence electrons. The first-order valence-electron chi connectivity index (χ1n) is 11.5. The molecule has 0 amide bonds. The van der Waals surface area contributed by atoms with Crippen molar-refractivity contribution in [1.82, 2.24) is 10.6 Å². The molecule has 2 aromatic carbocycles. The van der Waals surface area contributed by atoms with Crippen LogP contribution in [0.15, 0.2) is 48.5 Å². The summed E-state index contributed by atoms with van der Waals surface area (Å²) in [5.41, 5.74) is 1.66. The maximum absolute atomic E-state index is 9.77. The summed E-state index contributed by atoms with van der Waals surface area (Å²) in [6, 6.07) is 13.3. The van der Waals surface area contributed by atoms with Gasteiger partial charge in [-0.15, -0.1) is 0 Å². The highest BCUT2D eigenvalue weighted by Crippen LogP contribution is 2.16. The van der Waals surface area contributed by atoms with Crippen molar-refractivity contribution in [1.29, 1.82) is 0 Å². The fourth-order valence-electron chi connectivity index (χ4n) is 2.71. The molecule has 0 fully saturated rings. The van der Waals surface area contributed by atoms with Crippen LogP contribution >= 0.6 is 0 Å². The summed E-state index contributed by atoms with van der Waals surface area (Å²) < 4.78 is 31.6. The molecule has 0 unspecified atom stereocenters. The number of benzene rings is 2. The van der Waals surface area contributed by atoms with Crippen LogP contribution in [0.1, 0.15) is 62.9 Å². The Labute approximate surface area is 208 Å². The van der Waals surface area contributed by atoms with Crippen molar-refractivity contribution in [2.75, 3.05) is 26.2 Å². The molecule has 2 aromatic rings. The van der Waals surface area contributed by atoms with Gasteiger partial charge in [-0.1, -0.05) is 51.0 Å². The van der Waals surface area contributed by atoms with Crippen LogP contribution < -0.4 is 10.6 Å². The summed E-state index contributed by atoms with van der Waals surface area (Å²) in [4.78, 5) is 0. The second-order valence-corrected chi connectivity index (χ2v) is 8.67. The average Bonchev–Trinajstić information content (AvgIpc) is 2.79. The van der Waals surface area contributed by atoms with Crippen molar-refractivity contribution < 1.29 is 37.9 Å². The maximum Gasteiger partial charge on any atom is 0.394 e. The van der Waals surface area contributed by atoms with Crippen molar-refractivity contribution in [2.24, 2.45) is 0 Å². The summed E-state index contributed by atoms with van der Waals surface area (Å²) in [6.07, 6.45) is 3.57. The van der Waals surface area contributed by atoms with Gasteiger partial charge in [0.15, 0.2) is 0 Å². The van der Waals surface area contributed by atoms with Crippen LogP contribution in [0.5, 0.6) is 11.5 Å².